The van der Waals surface area contributed by atoms with Crippen molar-refractivity contribution in [2.75, 3.05) is 20.2 Å². The Morgan fingerprint density at radius 2 is 2.17 bits per heavy atom. The Kier molecular flexibility index (Phi) is 1.97. The first kappa shape index (κ1) is 8.59. The molecule has 12 heavy (non-hydrogen) atoms. The van der Waals surface area contributed by atoms with Gasteiger partial charge in [0.2, 0.25) is 0 Å². The van der Waals surface area contributed by atoms with Gasteiger partial charge in [0.05, 0.1) is 7.11 Å². The molecule has 0 aromatic rings. The van der Waals surface area contributed by atoms with E-state index in [-0.39, 0.29) is 6.09 Å². The van der Waals surface area contributed by atoms with E-state index in [4.69, 9.17) is 0 Å². The van der Waals surface area contributed by atoms with E-state index in [9.17, 15) is 4.79 Å². The van der Waals surface area contributed by atoms with Crippen LogP contribution in [-0.2, 0) is 4.74 Å². The molecule has 1 amide bonds. The van der Waals surface area contributed by atoms with Crippen LogP contribution in [0.25, 0.3) is 0 Å². The minimum atomic E-state index is -0.169. The summed E-state index contributed by atoms with van der Waals surface area (Å²) in [5, 5.41) is 0. The molecule has 2 aliphatic rings. The summed E-state index contributed by atoms with van der Waals surface area (Å²) >= 11 is 2.47. The van der Waals surface area contributed by atoms with Crippen LogP contribution in [0.4, 0.5) is 4.79 Å². The van der Waals surface area contributed by atoms with Crippen LogP contribution in [0.5, 0.6) is 0 Å². The zero-order valence-corrected chi connectivity index (χ0v) is 9.20. The van der Waals surface area contributed by atoms with Gasteiger partial charge in [0.25, 0.3) is 0 Å². The maximum atomic E-state index is 11.0. The van der Waals surface area contributed by atoms with Crippen molar-refractivity contribution in [3.63, 3.8) is 0 Å². The third-order valence-corrected chi connectivity index (χ3v) is 3.68. The highest BCUT2D eigenvalue weighted by Gasteiger charge is 2.53. The van der Waals surface area contributed by atoms with E-state index in [0.29, 0.717) is 5.41 Å². The summed E-state index contributed by atoms with van der Waals surface area (Å²) in [7, 11) is 1.44. The number of hydrogen-bond donors (Lipinski definition) is 0. The predicted octanol–water partition coefficient (Wildman–Crippen LogP) is 1.65. The molecule has 0 N–H and O–H groups in total. The van der Waals surface area contributed by atoms with Crippen molar-refractivity contribution in [3.05, 3.63) is 0 Å². The van der Waals surface area contributed by atoms with Gasteiger partial charge in [0.15, 0.2) is 0 Å². The number of alkyl halides is 1. The highest BCUT2D eigenvalue weighted by molar-refractivity contribution is 14.1. The van der Waals surface area contributed by atoms with Crippen molar-refractivity contribution in [2.24, 2.45) is 5.41 Å². The van der Waals surface area contributed by atoms with E-state index in [0.717, 1.165) is 17.0 Å². The highest BCUT2D eigenvalue weighted by atomic mass is 127. The number of hydrogen-bond acceptors (Lipinski definition) is 2. The molecule has 4 heteroatoms. The summed E-state index contributed by atoms with van der Waals surface area (Å²) in [4.78, 5) is 12.8. The molecule has 0 aromatic carbocycles. The molecule has 68 valence electrons. The van der Waals surface area contributed by atoms with Gasteiger partial charge in [-0.1, -0.05) is 22.6 Å². The maximum absolute atomic E-state index is 11.0. The number of ether oxygens (including phenoxy) is 1. The quantitative estimate of drug-likeness (QED) is 0.499. The molecule has 2 fully saturated rings. The summed E-state index contributed by atoms with van der Waals surface area (Å²) in [6, 6.07) is 0. The zero-order valence-electron chi connectivity index (χ0n) is 7.05. The molecular weight excluding hydrogens is 269 g/mol. The average molecular weight is 281 g/mol. The number of amides is 1. The zero-order chi connectivity index (χ0) is 8.77. The Labute approximate surface area is 85.6 Å². The SMILES string of the molecule is COC(=O)N1CC2(CC(I)C2)C1. The molecule has 1 aliphatic heterocycles. The standard InChI is InChI=1S/C8H12INO2/c1-12-7(11)10-4-8(5-10)2-6(9)3-8/h6H,2-5H2,1H3. The second-order valence-corrected chi connectivity index (χ2v) is 5.59. The number of carbonyl (C=O) groups excluding carboxylic acids is 1. The molecule has 0 aromatic heterocycles. The topological polar surface area (TPSA) is 29.5 Å². The fourth-order valence-corrected chi connectivity index (χ4v) is 4.03. The number of rotatable bonds is 0. The fourth-order valence-electron chi connectivity index (χ4n) is 2.16. The van der Waals surface area contributed by atoms with Crippen LogP contribution in [0, 0.1) is 5.41 Å². The Bertz CT molecular complexity index is 205. The lowest BCUT2D eigenvalue weighted by atomic mass is 9.64. The lowest BCUT2D eigenvalue weighted by molar-refractivity contribution is -0.0420. The van der Waals surface area contributed by atoms with Crippen molar-refractivity contribution in [2.45, 2.75) is 16.8 Å². The van der Waals surface area contributed by atoms with E-state index in [1.807, 2.05) is 0 Å². The van der Waals surface area contributed by atoms with E-state index in [2.05, 4.69) is 27.3 Å². The molecule has 0 atom stereocenters. The Hall–Kier alpha value is 0. The first-order valence-corrected chi connectivity index (χ1v) is 5.37. The number of methoxy groups -OCH3 is 1. The third kappa shape index (κ3) is 1.20. The molecule has 1 heterocycles. The van der Waals surface area contributed by atoms with Gasteiger partial charge in [-0.3, -0.25) is 0 Å². The molecule has 1 aliphatic carbocycles. The van der Waals surface area contributed by atoms with Crippen molar-refractivity contribution >= 4 is 28.7 Å². The van der Waals surface area contributed by atoms with Crippen LogP contribution >= 0.6 is 22.6 Å². The number of nitrogens with zero attached hydrogens (tertiary/aromatic N) is 1. The van der Waals surface area contributed by atoms with Gasteiger partial charge in [-0.25, -0.2) is 4.79 Å². The van der Waals surface area contributed by atoms with Gasteiger partial charge in [0, 0.05) is 22.4 Å². The first-order chi connectivity index (χ1) is 5.65. The monoisotopic (exact) mass is 281 g/mol. The van der Waals surface area contributed by atoms with Crippen molar-refractivity contribution in [1.29, 1.82) is 0 Å². The Morgan fingerprint density at radius 1 is 1.58 bits per heavy atom. The van der Waals surface area contributed by atoms with Crippen molar-refractivity contribution < 1.29 is 9.53 Å². The van der Waals surface area contributed by atoms with Gasteiger partial charge in [0.1, 0.15) is 0 Å². The van der Waals surface area contributed by atoms with Gasteiger partial charge in [-0.2, -0.15) is 0 Å². The predicted molar refractivity (Wildman–Crippen MR) is 53.5 cm³/mol. The van der Waals surface area contributed by atoms with E-state index < -0.39 is 0 Å². The van der Waals surface area contributed by atoms with Crippen LogP contribution < -0.4 is 0 Å². The van der Waals surface area contributed by atoms with Gasteiger partial charge in [-0.15, -0.1) is 0 Å². The second-order valence-electron chi connectivity index (χ2n) is 3.83. The molecule has 1 saturated heterocycles. The van der Waals surface area contributed by atoms with Gasteiger partial charge < -0.3 is 9.64 Å². The van der Waals surface area contributed by atoms with Crippen LogP contribution in [-0.4, -0.2) is 35.1 Å². The summed E-state index contributed by atoms with van der Waals surface area (Å²) in [5.74, 6) is 0. The van der Waals surface area contributed by atoms with Gasteiger partial charge >= 0.3 is 6.09 Å². The smallest absolute Gasteiger partial charge is 0.409 e. The first-order valence-electron chi connectivity index (χ1n) is 4.12. The molecule has 1 saturated carbocycles. The van der Waals surface area contributed by atoms with E-state index in [1.54, 1.807) is 4.90 Å². The number of carbonyl (C=O) groups is 1. The largest absolute Gasteiger partial charge is 0.453 e. The second kappa shape index (κ2) is 2.75. The minimum Gasteiger partial charge on any atom is -0.453 e. The van der Waals surface area contributed by atoms with Crippen LogP contribution in [0.2, 0.25) is 0 Å². The lowest BCUT2D eigenvalue weighted by Crippen LogP contribution is -2.64. The summed E-state index contributed by atoms with van der Waals surface area (Å²) in [5.41, 5.74) is 0.486. The lowest BCUT2D eigenvalue weighted by Gasteiger charge is -2.57. The van der Waals surface area contributed by atoms with E-state index in [1.165, 1.54) is 20.0 Å². The summed E-state index contributed by atoms with van der Waals surface area (Å²) in [6.07, 6.45) is 2.39. The maximum Gasteiger partial charge on any atom is 0.409 e. The minimum absolute atomic E-state index is 0.169. The third-order valence-electron chi connectivity index (χ3n) is 2.79. The molecule has 0 unspecified atom stereocenters. The number of likely N-dealkylation sites (tertiary alicyclic amines) is 1. The highest BCUT2D eigenvalue weighted by Crippen LogP contribution is 2.51. The summed E-state index contributed by atoms with van der Waals surface area (Å²) in [6.45, 7) is 1.83. The van der Waals surface area contributed by atoms with Crippen molar-refractivity contribution in [1.82, 2.24) is 4.90 Å². The molecule has 2 rings (SSSR count). The molecule has 0 radical (unpaired) electrons. The van der Waals surface area contributed by atoms with E-state index >= 15 is 0 Å². The van der Waals surface area contributed by atoms with Crippen molar-refractivity contribution in [3.8, 4) is 0 Å². The van der Waals surface area contributed by atoms with Crippen LogP contribution in [0.15, 0.2) is 0 Å². The van der Waals surface area contributed by atoms with Gasteiger partial charge in [-0.05, 0) is 12.8 Å². The average Bonchev–Trinajstić information content (AvgIpc) is 1.92. The molecule has 3 nitrogen and oxygen atoms in total. The number of halogens is 1. The Balaban J connectivity index is 1.81. The fraction of sp³-hybridized carbons (Fsp3) is 0.875. The molecule has 0 bridgehead atoms. The van der Waals surface area contributed by atoms with Crippen LogP contribution in [0.1, 0.15) is 12.8 Å². The van der Waals surface area contributed by atoms with Crippen LogP contribution in [0.3, 0.4) is 0 Å². The molecular formula is C8H12INO2. The molecule has 1 spiro atoms. The summed E-state index contributed by atoms with van der Waals surface area (Å²) < 4.78 is 5.46. The normalized spacial score (nSPS) is 26.3. The Morgan fingerprint density at radius 3 is 2.58 bits per heavy atom.